The van der Waals surface area contributed by atoms with Gasteiger partial charge in [-0.1, -0.05) is 0 Å². The molecule has 0 atom stereocenters. The van der Waals surface area contributed by atoms with E-state index in [-0.39, 0.29) is 33.8 Å². The number of benzene rings is 2. The van der Waals surface area contributed by atoms with Crippen LogP contribution in [0.4, 0.5) is 0 Å². The Labute approximate surface area is 129 Å². The molecule has 0 saturated carbocycles. The van der Waals surface area contributed by atoms with Crippen molar-refractivity contribution in [2.75, 3.05) is 7.11 Å². The van der Waals surface area contributed by atoms with Gasteiger partial charge in [-0.05, 0) is 12.1 Å². The number of aromatic hydroxyl groups is 4. The molecule has 0 aliphatic rings. The molecule has 23 heavy (non-hydrogen) atoms. The summed E-state index contributed by atoms with van der Waals surface area (Å²) in [7, 11) is 1.36. The minimum Gasteiger partial charge on any atom is -0.508 e. The van der Waals surface area contributed by atoms with Gasteiger partial charge in [0.25, 0.3) is 0 Å². The van der Waals surface area contributed by atoms with Gasteiger partial charge in [-0.2, -0.15) is 0 Å². The number of hydrogen-bond donors (Lipinski definition) is 4. The van der Waals surface area contributed by atoms with Gasteiger partial charge in [-0.15, -0.1) is 0 Å². The second-order valence-corrected chi connectivity index (χ2v) is 4.86. The molecule has 0 bridgehead atoms. The summed E-state index contributed by atoms with van der Waals surface area (Å²) in [5.74, 6) is -1.73. The van der Waals surface area contributed by atoms with Crippen LogP contribution in [0.5, 0.6) is 28.7 Å². The monoisotopic (exact) mass is 316 g/mol. The Morgan fingerprint density at radius 1 is 0.957 bits per heavy atom. The minimum absolute atomic E-state index is 0.0424. The van der Waals surface area contributed by atoms with Crippen molar-refractivity contribution in [3.63, 3.8) is 0 Å². The van der Waals surface area contributed by atoms with Crippen molar-refractivity contribution in [2.45, 2.75) is 0 Å². The van der Waals surface area contributed by atoms with Crippen molar-refractivity contribution in [3.05, 3.63) is 40.6 Å². The number of ether oxygens (including phenoxy) is 1. The van der Waals surface area contributed by atoms with Crippen LogP contribution < -0.4 is 10.2 Å². The van der Waals surface area contributed by atoms with E-state index in [4.69, 9.17) is 9.15 Å². The van der Waals surface area contributed by atoms with Crippen molar-refractivity contribution in [2.24, 2.45) is 0 Å². The molecule has 1 heterocycles. The van der Waals surface area contributed by atoms with Gasteiger partial charge in [0.05, 0.1) is 7.11 Å². The first kappa shape index (κ1) is 14.6. The highest BCUT2D eigenvalue weighted by atomic mass is 16.5. The lowest BCUT2D eigenvalue weighted by atomic mass is 10.1. The predicted molar refractivity (Wildman–Crippen MR) is 81.1 cm³/mol. The van der Waals surface area contributed by atoms with E-state index in [0.717, 1.165) is 18.2 Å². The van der Waals surface area contributed by atoms with Gasteiger partial charge in [0.1, 0.15) is 28.2 Å². The molecule has 3 aromatic rings. The lowest BCUT2D eigenvalue weighted by Gasteiger charge is -2.09. The van der Waals surface area contributed by atoms with Crippen LogP contribution in [0, 0.1) is 0 Å². The molecule has 118 valence electrons. The predicted octanol–water partition coefficient (Wildman–Crippen LogP) is 2.29. The van der Waals surface area contributed by atoms with Crippen LogP contribution in [0.3, 0.4) is 0 Å². The topological polar surface area (TPSA) is 120 Å². The number of hydrogen-bond acceptors (Lipinski definition) is 7. The maximum absolute atomic E-state index is 12.3. The van der Waals surface area contributed by atoms with Crippen LogP contribution in [-0.2, 0) is 0 Å². The maximum Gasteiger partial charge on any atom is 0.200 e. The Balaban J connectivity index is 2.31. The molecule has 1 aromatic heterocycles. The average molecular weight is 316 g/mol. The molecule has 0 aliphatic heterocycles. The summed E-state index contributed by atoms with van der Waals surface area (Å²) in [6, 6.07) is 5.98. The molecule has 0 amide bonds. The van der Waals surface area contributed by atoms with E-state index in [1.165, 1.54) is 19.2 Å². The standard InChI is InChI=1S/C16H12O7/c1-22-13-4-8(17)5-14-15(13)9(18)6-12(23-14)7-2-10(19)16(21)11(20)3-7/h2-6,17,19-21H,1H3. The summed E-state index contributed by atoms with van der Waals surface area (Å²) in [6.07, 6.45) is 0. The molecule has 0 saturated heterocycles. The molecule has 2 aromatic carbocycles. The first-order valence-corrected chi connectivity index (χ1v) is 6.51. The van der Waals surface area contributed by atoms with Crippen LogP contribution in [-0.4, -0.2) is 27.5 Å². The van der Waals surface area contributed by atoms with Gasteiger partial charge in [-0.25, -0.2) is 0 Å². The lowest BCUT2D eigenvalue weighted by molar-refractivity contribution is 0.368. The van der Waals surface area contributed by atoms with Crippen LogP contribution in [0.2, 0.25) is 0 Å². The molecular formula is C16H12O7. The number of rotatable bonds is 2. The molecule has 7 heteroatoms. The van der Waals surface area contributed by atoms with E-state index in [1.54, 1.807) is 0 Å². The van der Waals surface area contributed by atoms with Crippen molar-refractivity contribution in [1.82, 2.24) is 0 Å². The van der Waals surface area contributed by atoms with Crippen molar-refractivity contribution < 1.29 is 29.6 Å². The van der Waals surface area contributed by atoms with Gasteiger partial charge in [0.15, 0.2) is 22.7 Å². The summed E-state index contributed by atoms with van der Waals surface area (Å²) in [6.45, 7) is 0. The molecule has 0 spiro atoms. The highest BCUT2D eigenvalue weighted by Gasteiger charge is 2.15. The fraction of sp³-hybridized carbons (Fsp3) is 0.0625. The van der Waals surface area contributed by atoms with Gasteiger partial charge in [-0.3, -0.25) is 4.79 Å². The van der Waals surface area contributed by atoms with E-state index in [9.17, 15) is 25.2 Å². The molecule has 0 fully saturated rings. The Kier molecular flexibility index (Phi) is 3.25. The fourth-order valence-corrected chi connectivity index (χ4v) is 2.29. The zero-order valence-corrected chi connectivity index (χ0v) is 11.9. The van der Waals surface area contributed by atoms with E-state index in [1.807, 2.05) is 0 Å². The number of phenolic OH excluding ortho intramolecular Hbond substituents is 4. The van der Waals surface area contributed by atoms with Gasteiger partial charge < -0.3 is 29.6 Å². The molecule has 7 nitrogen and oxygen atoms in total. The first-order valence-electron chi connectivity index (χ1n) is 6.51. The van der Waals surface area contributed by atoms with Crippen LogP contribution >= 0.6 is 0 Å². The van der Waals surface area contributed by atoms with Crippen LogP contribution in [0.15, 0.2) is 39.5 Å². The Bertz CT molecular complexity index is 949. The highest BCUT2D eigenvalue weighted by Crippen LogP contribution is 2.39. The average Bonchev–Trinajstić information content (AvgIpc) is 2.50. The van der Waals surface area contributed by atoms with E-state index >= 15 is 0 Å². The lowest BCUT2D eigenvalue weighted by Crippen LogP contribution is -2.02. The second kappa shape index (κ2) is 5.13. The zero-order chi connectivity index (χ0) is 16.7. The Hall–Kier alpha value is -3.35. The van der Waals surface area contributed by atoms with Crippen LogP contribution in [0.25, 0.3) is 22.3 Å². The first-order chi connectivity index (χ1) is 10.9. The zero-order valence-electron chi connectivity index (χ0n) is 11.9. The molecule has 4 N–H and O–H groups in total. The van der Waals surface area contributed by atoms with Crippen molar-refractivity contribution in [1.29, 1.82) is 0 Å². The molecule has 0 unspecified atom stereocenters. The van der Waals surface area contributed by atoms with Gasteiger partial charge >= 0.3 is 0 Å². The molecule has 3 rings (SSSR count). The van der Waals surface area contributed by atoms with E-state index in [0.29, 0.717) is 0 Å². The molecule has 0 aliphatic carbocycles. The Morgan fingerprint density at radius 2 is 1.61 bits per heavy atom. The minimum atomic E-state index is -0.670. The largest absolute Gasteiger partial charge is 0.508 e. The normalized spacial score (nSPS) is 10.8. The summed E-state index contributed by atoms with van der Waals surface area (Å²) < 4.78 is 10.6. The summed E-state index contributed by atoms with van der Waals surface area (Å²) >= 11 is 0. The number of methoxy groups -OCH3 is 1. The van der Waals surface area contributed by atoms with E-state index in [2.05, 4.69) is 0 Å². The summed E-state index contributed by atoms with van der Waals surface area (Å²) in [4.78, 5) is 12.3. The fourth-order valence-electron chi connectivity index (χ4n) is 2.29. The van der Waals surface area contributed by atoms with Gasteiger partial charge in [0.2, 0.25) is 0 Å². The third kappa shape index (κ3) is 2.38. The maximum atomic E-state index is 12.3. The smallest absolute Gasteiger partial charge is 0.200 e. The van der Waals surface area contributed by atoms with Crippen molar-refractivity contribution >= 4 is 11.0 Å². The molecular weight excluding hydrogens is 304 g/mol. The van der Waals surface area contributed by atoms with Crippen molar-refractivity contribution in [3.8, 4) is 40.1 Å². The van der Waals surface area contributed by atoms with E-state index < -0.39 is 22.7 Å². The summed E-state index contributed by atoms with van der Waals surface area (Å²) in [5, 5.41) is 38.3. The third-order valence-electron chi connectivity index (χ3n) is 3.35. The second-order valence-electron chi connectivity index (χ2n) is 4.86. The summed E-state index contributed by atoms with van der Waals surface area (Å²) in [5.41, 5.74) is -0.166. The quantitative estimate of drug-likeness (QED) is 0.535. The number of fused-ring (bicyclic) bond motifs is 1. The Morgan fingerprint density at radius 3 is 2.22 bits per heavy atom. The number of phenols is 4. The van der Waals surface area contributed by atoms with Gasteiger partial charge in [0, 0.05) is 23.8 Å². The third-order valence-corrected chi connectivity index (χ3v) is 3.35. The SMILES string of the molecule is COc1cc(O)cc2oc(-c3cc(O)c(O)c(O)c3)cc(=O)c12. The molecule has 0 radical (unpaired) electrons. The van der Waals surface area contributed by atoms with Crippen LogP contribution in [0.1, 0.15) is 0 Å². The highest BCUT2D eigenvalue weighted by molar-refractivity contribution is 5.86.